The SMILES string of the molecule is [C-]#[N+]c1cc(C)c(/C(=C/N(C)C)C(=O)OC)c(C)c1. The van der Waals surface area contributed by atoms with E-state index in [1.165, 1.54) is 7.11 Å². The minimum atomic E-state index is -0.379. The number of esters is 1. The Morgan fingerprint density at radius 1 is 1.32 bits per heavy atom. The normalized spacial score (nSPS) is 10.8. The van der Waals surface area contributed by atoms with Crippen molar-refractivity contribution in [3.8, 4) is 0 Å². The van der Waals surface area contributed by atoms with E-state index in [0.29, 0.717) is 11.3 Å². The van der Waals surface area contributed by atoms with Crippen LogP contribution in [0.25, 0.3) is 10.4 Å². The molecule has 4 nitrogen and oxygen atoms in total. The highest BCUT2D eigenvalue weighted by molar-refractivity contribution is 6.17. The molecule has 0 aliphatic rings. The number of carbonyl (C=O) groups is 1. The summed E-state index contributed by atoms with van der Waals surface area (Å²) < 4.78 is 4.84. The second-order valence-electron chi connectivity index (χ2n) is 4.56. The molecule has 19 heavy (non-hydrogen) atoms. The average molecular weight is 258 g/mol. The summed E-state index contributed by atoms with van der Waals surface area (Å²) in [5, 5.41) is 0. The number of carbonyl (C=O) groups excluding carboxylic acids is 1. The smallest absolute Gasteiger partial charge is 0.339 e. The van der Waals surface area contributed by atoms with Gasteiger partial charge in [-0.3, -0.25) is 0 Å². The molecule has 0 aromatic heterocycles. The van der Waals surface area contributed by atoms with Gasteiger partial charge in [-0.25, -0.2) is 9.64 Å². The van der Waals surface area contributed by atoms with Crippen LogP contribution in [0.15, 0.2) is 18.3 Å². The van der Waals surface area contributed by atoms with Crippen LogP contribution in [-0.2, 0) is 9.53 Å². The molecule has 0 amide bonds. The van der Waals surface area contributed by atoms with E-state index in [4.69, 9.17) is 11.3 Å². The summed E-state index contributed by atoms with van der Waals surface area (Å²) >= 11 is 0. The van der Waals surface area contributed by atoms with E-state index in [9.17, 15) is 4.79 Å². The number of methoxy groups -OCH3 is 1. The number of hydrogen-bond donors (Lipinski definition) is 0. The van der Waals surface area contributed by atoms with Gasteiger partial charge in [0, 0.05) is 20.3 Å². The largest absolute Gasteiger partial charge is 0.465 e. The Kier molecular flexibility index (Phi) is 4.71. The third-order valence-electron chi connectivity index (χ3n) is 2.71. The van der Waals surface area contributed by atoms with Gasteiger partial charge >= 0.3 is 5.97 Å². The summed E-state index contributed by atoms with van der Waals surface area (Å²) in [6, 6.07) is 3.56. The lowest BCUT2D eigenvalue weighted by atomic mass is 9.95. The van der Waals surface area contributed by atoms with Gasteiger partial charge in [0.15, 0.2) is 5.69 Å². The minimum Gasteiger partial charge on any atom is -0.465 e. The Hall–Kier alpha value is -2.28. The zero-order valence-corrected chi connectivity index (χ0v) is 11.9. The first-order valence-corrected chi connectivity index (χ1v) is 5.86. The lowest BCUT2D eigenvalue weighted by Crippen LogP contribution is -2.12. The molecule has 0 heterocycles. The van der Waals surface area contributed by atoms with Gasteiger partial charge in [0.2, 0.25) is 0 Å². The van der Waals surface area contributed by atoms with Gasteiger partial charge in [-0.05, 0) is 19.4 Å². The van der Waals surface area contributed by atoms with Crippen LogP contribution in [0.4, 0.5) is 5.69 Å². The van der Waals surface area contributed by atoms with Crippen molar-refractivity contribution < 1.29 is 9.53 Å². The molecule has 4 heteroatoms. The van der Waals surface area contributed by atoms with Gasteiger partial charge in [0.05, 0.1) is 19.3 Å². The molecular weight excluding hydrogens is 240 g/mol. The second-order valence-corrected chi connectivity index (χ2v) is 4.56. The highest BCUT2D eigenvalue weighted by Gasteiger charge is 2.18. The first kappa shape index (κ1) is 14.8. The van der Waals surface area contributed by atoms with E-state index in [-0.39, 0.29) is 5.97 Å². The Bertz CT molecular complexity index is 543. The maximum atomic E-state index is 11.9. The Balaban J connectivity index is 3.49. The van der Waals surface area contributed by atoms with Crippen LogP contribution >= 0.6 is 0 Å². The van der Waals surface area contributed by atoms with E-state index < -0.39 is 0 Å². The van der Waals surface area contributed by atoms with Crippen molar-refractivity contribution in [2.24, 2.45) is 0 Å². The predicted molar refractivity (Wildman–Crippen MR) is 75.9 cm³/mol. The molecule has 0 saturated carbocycles. The van der Waals surface area contributed by atoms with E-state index >= 15 is 0 Å². The van der Waals surface area contributed by atoms with Gasteiger partial charge in [0.25, 0.3) is 0 Å². The summed E-state index contributed by atoms with van der Waals surface area (Å²) in [5.74, 6) is -0.379. The molecule has 100 valence electrons. The molecule has 0 fully saturated rings. The number of ether oxygens (including phenoxy) is 1. The number of nitrogens with zero attached hydrogens (tertiary/aromatic N) is 2. The molecule has 1 rings (SSSR count). The van der Waals surface area contributed by atoms with Crippen molar-refractivity contribution in [2.75, 3.05) is 21.2 Å². The van der Waals surface area contributed by atoms with Crippen molar-refractivity contribution in [3.63, 3.8) is 0 Å². The standard InChI is InChI=1S/C15H18N2O2/c1-10-7-12(16-3)8-11(2)14(10)13(9-17(4)5)15(18)19-6/h7-9H,1-2,4-6H3/b13-9-. The fourth-order valence-corrected chi connectivity index (χ4v) is 2.02. The molecule has 0 saturated heterocycles. The Labute approximate surface area is 114 Å². The molecule has 0 N–H and O–H groups in total. The van der Waals surface area contributed by atoms with Gasteiger partial charge in [-0.1, -0.05) is 23.3 Å². The zero-order chi connectivity index (χ0) is 14.6. The number of benzene rings is 1. The van der Waals surface area contributed by atoms with E-state index in [2.05, 4.69) is 4.85 Å². The summed E-state index contributed by atoms with van der Waals surface area (Å²) in [6.07, 6.45) is 1.73. The maximum absolute atomic E-state index is 11.9. The van der Waals surface area contributed by atoms with E-state index in [1.807, 2.05) is 27.9 Å². The number of hydrogen-bond acceptors (Lipinski definition) is 3. The van der Waals surface area contributed by atoms with Gasteiger partial charge in [-0.2, -0.15) is 0 Å². The van der Waals surface area contributed by atoms with Gasteiger partial charge in [-0.15, -0.1) is 0 Å². The van der Waals surface area contributed by atoms with Crippen LogP contribution in [0.2, 0.25) is 0 Å². The third-order valence-corrected chi connectivity index (χ3v) is 2.71. The molecule has 0 aliphatic heterocycles. The summed E-state index contributed by atoms with van der Waals surface area (Å²) in [4.78, 5) is 17.2. The summed E-state index contributed by atoms with van der Waals surface area (Å²) in [7, 11) is 5.06. The van der Waals surface area contributed by atoms with Crippen LogP contribution < -0.4 is 0 Å². The van der Waals surface area contributed by atoms with Crippen molar-refractivity contribution >= 4 is 17.2 Å². The minimum absolute atomic E-state index is 0.379. The first-order valence-electron chi connectivity index (χ1n) is 5.86. The lowest BCUT2D eigenvalue weighted by molar-refractivity contribution is -0.133. The van der Waals surface area contributed by atoms with Crippen molar-refractivity contribution in [1.29, 1.82) is 0 Å². The zero-order valence-electron chi connectivity index (χ0n) is 11.9. The van der Waals surface area contributed by atoms with Crippen molar-refractivity contribution in [3.05, 3.63) is 46.4 Å². The summed E-state index contributed by atoms with van der Waals surface area (Å²) in [5.41, 5.74) is 3.69. The first-order chi connectivity index (χ1) is 8.90. The highest BCUT2D eigenvalue weighted by Crippen LogP contribution is 2.28. The van der Waals surface area contributed by atoms with Crippen molar-refractivity contribution in [2.45, 2.75) is 13.8 Å². The van der Waals surface area contributed by atoms with Crippen LogP contribution in [0.1, 0.15) is 16.7 Å². The third kappa shape index (κ3) is 3.35. The molecule has 0 radical (unpaired) electrons. The fraction of sp³-hybridized carbons (Fsp3) is 0.333. The van der Waals surface area contributed by atoms with Gasteiger partial charge in [0.1, 0.15) is 0 Å². The van der Waals surface area contributed by atoms with E-state index in [1.54, 1.807) is 23.2 Å². The monoisotopic (exact) mass is 258 g/mol. The van der Waals surface area contributed by atoms with E-state index in [0.717, 1.165) is 16.7 Å². The van der Waals surface area contributed by atoms with Crippen LogP contribution in [0.5, 0.6) is 0 Å². The maximum Gasteiger partial charge on any atom is 0.339 e. The summed E-state index contributed by atoms with van der Waals surface area (Å²) in [6.45, 7) is 10.8. The van der Waals surface area contributed by atoms with Crippen LogP contribution in [-0.4, -0.2) is 32.1 Å². The number of aryl methyl sites for hydroxylation is 2. The quantitative estimate of drug-likeness (QED) is 0.475. The van der Waals surface area contributed by atoms with Gasteiger partial charge < -0.3 is 9.64 Å². The average Bonchev–Trinajstić information content (AvgIpc) is 2.35. The fourth-order valence-electron chi connectivity index (χ4n) is 2.02. The molecule has 0 spiro atoms. The van der Waals surface area contributed by atoms with Crippen LogP contribution in [0.3, 0.4) is 0 Å². The van der Waals surface area contributed by atoms with Crippen molar-refractivity contribution in [1.82, 2.24) is 4.90 Å². The predicted octanol–water partition coefficient (Wildman–Crippen LogP) is 2.93. The molecule has 0 bridgehead atoms. The Morgan fingerprint density at radius 3 is 2.21 bits per heavy atom. The molecule has 1 aromatic rings. The highest BCUT2D eigenvalue weighted by atomic mass is 16.5. The second kappa shape index (κ2) is 6.05. The molecule has 1 aromatic carbocycles. The molecule has 0 unspecified atom stereocenters. The Morgan fingerprint density at radius 2 is 1.84 bits per heavy atom. The molecular formula is C15H18N2O2. The molecule has 0 aliphatic carbocycles. The van der Waals surface area contributed by atoms with Crippen LogP contribution in [0, 0.1) is 20.4 Å². The topological polar surface area (TPSA) is 33.9 Å². The lowest BCUT2D eigenvalue weighted by Gasteiger charge is -2.15. The molecule has 0 atom stereocenters. The number of rotatable bonds is 3.